The van der Waals surface area contributed by atoms with Crippen molar-refractivity contribution in [3.63, 3.8) is 0 Å². The molecule has 0 radical (unpaired) electrons. The number of thiazole rings is 1. The number of hydrogen-bond acceptors (Lipinski definition) is 6. The highest BCUT2D eigenvalue weighted by Gasteiger charge is 2.55. The fraction of sp³-hybridized carbons (Fsp3) is 0.667. The van der Waals surface area contributed by atoms with Crippen LogP contribution in [0.3, 0.4) is 0 Å². The van der Waals surface area contributed by atoms with E-state index in [1.807, 2.05) is 0 Å². The van der Waals surface area contributed by atoms with Crippen LogP contribution in [0.15, 0.2) is 10.9 Å². The average molecular weight is 385 g/mol. The molecular weight excluding hydrogens is 371 g/mol. The van der Waals surface area contributed by atoms with Crippen molar-refractivity contribution < 1.29 is 31.1 Å². The molecule has 1 N–H and O–H groups in total. The molecule has 7 nitrogen and oxygen atoms in total. The summed E-state index contributed by atoms with van der Waals surface area (Å²) in [6, 6.07) is 0. The second kappa shape index (κ2) is 6.24. The normalized spacial score (nSPS) is 28.0. The molecular formula is C12H14F3N3O4S2. The van der Waals surface area contributed by atoms with E-state index in [0.717, 1.165) is 0 Å². The third-order valence-corrected chi connectivity index (χ3v) is 6.38. The maximum absolute atomic E-state index is 12.6. The van der Waals surface area contributed by atoms with E-state index in [1.165, 1.54) is 16.8 Å². The van der Waals surface area contributed by atoms with Crippen molar-refractivity contribution in [1.82, 2.24) is 14.6 Å². The summed E-state index contributed by atoms with van der Waals surface area (Å²) in [5.74, 6) is -0.999. The van der Waals surface area contributed by atoms with Gasteiger partial charge in [0.05, 0.1) is 18.2 Å². The fourth-order valence-electron chi connectivity index (χ4n) is 2.96. The summed E-state index contributed by atoms with van der Waals surface area (Å²) < 4.78 is 66.7. The predicted molar refractivity (Wildman–Crippen MR) is 77.7 cm³/mol. The van der Waals surface area contributed by atoms with Gasteiger partial charge in [0.25, 0.3) is 5.91 Å². The molecule has 24 heavy (non-hydrogen) atoms. The number of nitrogens with one attached hydrogen (secondary N) is 1. The highest BCUT2D eigenvalue weighted by molar-refractivity contribution is 7.90. The van der Waals surface area contributed by atoms with Gasteiger partial charge in [0.1, 0.15) is 5.69 Å². The molecule has 2 aliphatic heterocycles. The molecule has 12 heteroatoms. The van der Waals surface area contributed by atoms with Gasteiger partial charge in [0, 0.05) is 36.9 Å². The third kappa shape index (κ3) is 3.15. The van der Waals surface area contributed by atoms with Gasteiger partial charge in [0.2, 0.25) is 0 Å². The molecule has 1 aromatic heterocycles. The van der Waals surface area contributed by atoms with Crippen molar-refractivity contribution in [3.8, 4) is 0 Å². The van der Waals surface area contributed by atoms with Gasteiger partial charge in [-0.1, -0.05) is 0 Å². The Morgan fingerprint density at radius 1 is 1.46 bits per heavy atom. The van der Waals surface area contributed by atoms with Crippen LogP contribution in [0.1, 0.15) is 10.5 Å². The van der Waals surface area contributed by atoms with Gasteiger partial charge in [-0.3, -0.25) is 4.79 Å². The molecule has 0 bridgehead atoms. The minimum Gasteiger partial charge on any atom is -0.376 e. The summed E-state index contributed by atoms with van der Waals surface area (Å²) in [6.45, 7) is -0.114. The number of nitrogens with zero attached hydrogens (tertiary/aromatic N) is 2. The van der Waals surface area contributed by atoms with Crippen molar-refractivity contribution in [2.45, 2.75) is 11.6 Å². The van der Waals surface area contributed by atoms with E-state index in [0.29, 0.717) is 4.31 Å². The number of fused-ring (bicyclic) bond motifs is 1. The summed E-state index contributed by atoms with van der Waals surface area (Å²) in [6.07, 6.45) is -0.580. The molecule has 0 spiro atoms. The molecule has 3 atom stereocenters. The number of aromatic nitrogens is 1. The molecule has 3 rings (SSSR count). The summed E-state index contributed by atoms with van der Waals surface area (Å²) >= 11 is 1.27. The molecule has 0 aromatic carbocycles. The number of alkyl halides is 3. The van der Waals surface area contributed by atoms with Crippen LogP contribution in [0.4, 0.5) is 13.2 Å². The second-order valence-electron chi connectivity index (χ2n) is 5.65. The maximum Gasteiger partial charge on any atom is 0.511 e. The predicted octanol–water partition coefficient (Wildman–Crippen LogP) is 0.669. The van der Waals surface area contributed by atoms with Crippen molar-refractivity contribution in [1.29, 1.82) is 0 Å². The zero-order valence-corrected chi connectivity index (χ0v) is 13.8. The minimum atomic E-state index is -5.35. The van der Waals surface area contributed by atoms with E-state index in [1.54, 1.807) is 5.38 Å². The molecule has 2 saturated heterocycles. The number of sulfonamides is 1. The van der Waals surface area contributed by atoms with Crippen LogP contribution in [-0.4, -0.2) is 61.5 Å². The Balaban J connectivity index is 1.61. The summed E-state index contributed by atoms with van der Waals surface area (Å²) in [5, 5.41) is 4.24. The molecule has 0 unspecified atom stereocenters. The van der Waals surface area contributed by atoms with Gasteiger partial charge in [0.15, 0.2) is 0 Å². The van der Waals surface area contributed by atoms with Gasteiger partial charge < -0.3 is 10.1 Å². The minimum absolute atomic E-state index is 0.192. The molecule has 0 aliphatic carbocycles. The van der Waals surface area contributed by atoms with Crippen LogP contribution in [0.25, 0.3) is 0 Å². The highest BCUT2D eigenvalue weighted by atomic mass is 32.2. The molecule has 0 saturated carbocycles. The van der Waals surface area contributed by atoms with Gasteiger partial charge in [-0.15, -0.1) is 11.3 Å². The smallest absolute Gasteiger partial charge is 0.376 e. The SMILES string of the molecule is O=C(NC[C@H]1CO[C@@H]2CN(S(=O)(=O)C(F)(F)F)C[C@H]12)c1cscn1. The lowest BCUT2D eigenvalue weighted by Crippen LogP contribution is -2.41. The number of carbonyl (C=O) groups is 1. The van der Waals surface area contributed by atoms with Crippen LogP contribution in [-0.2, 0) is 14.8 Å². The van der Waals surface area contributed by atoms with Gasteiger partial charge in [-0.25, -0.2) is 13.4 Å². The first-order chi connectivity index (χ1) is 11.2. The highest BCUT2D eigenvalue weighted by Crippen LogP contribution is 2.38. The van der Waals surface area contributed by atoms with Crippen molar-refractivity contribution in [2.75, 3.05) is 26.2 Å². The largest absolute Gasteiger partial charge is 0.511 e. The molecule has 1 aromatic rings. The van der Waals surface area contributed by atoms with E-state index >= 15 is 0 Å². The van der Waals surface area contributed by atoms with Crippen LogP contribution in [0.2, 0.25) is 0 Å². The first kappa shape index (κ1) is 17.6. The molecule has 2 aliphatic rings. The number of hydrogen-bond donors (Lipinski definition) is 1. The number of carbonyl (C=O) groups excluding carboxylic acids is 1. The first-order valence-electron chi connectivity index (χ1n) is 7.04. The summed E-state index contributed by atoms with van der Waals surface area (Å²) in [5.41, 5.74) is -3.54. The lowest BCUT2D eigenvalue weighted by atomic mass is 9.93. The van der Waals surface area contributed by atoms with Crippen molar-refractivity contribution in [2.24, 2.45) is 11.8 Å². The Labute approximate surface area is 139 Å². The third-order valence-electron chi connectivity index (χ3n) is 4.23. The average Bonchev–Trinajstić information content (AvgIpc) is 3.20. The number of ether oxygens (including phenoxy) is 1. The van der Waals surface area contributed by atoms with Crippen molar-refractivity contribution >= 4 is 27.3 Å². The molecule has 1 amide bonds. The van der Waals surface area contributed by atoms with Crippen molar-refractivity contribution in [3.05, 3.63) is 16.6 Å². The Bertz CT molecular complexity index is 708. The van der Waals surface area contributed by atoms with Crippen LogP contribution in [0, 0.1) is 11.8 Å². The Kier molecular flexibility index (Phi) is 4.57. The van der Waals surface area contributed by atoms with Gasteiger partial charge in [-0.2, -0.15) is 17.5 Å². The van der Waals surface area contributed by atoms with E-state index in [4.69, 9.17) is 4.74 Å². The lowest BCUT2D eigenvalue weighted by Gasteiger charge is -2.20. The molecule has 2 fully saturated rings. The summed E-state index contributed by atoms with van der Waals surface area (Å²) in [7, 11) is -5.35. The number of halogens is 3. The van der Waals surface area contributed by atoms with E-state index < -0.39 is 21.6 Å². The zero-order chi connectivity index (χ0) is 17.5. The maximum atomic E-state index is 12.6. The lowest BCUT2D eigenvalue weighted by molar-refractivity contribution is -0.0488. The first-order valence-corrected chi connectivity index (χ1v) is 9.43. The van der Waals surface area contributed by atoms with Gasteiger partial charge in [-0.05, 0) is 0 Å². The van der Waals surface area contributed by atoms with E-state index in [-0.39, 0.29) is 49.7 Å². The zero-order valence-electron chi connectivity index (χ0n) is 12.2. The van der Waals surface area contributed by atoms with Crippen LogP contribution in [0.5, 0.6) is 0 Å². The fourth-order valence-corrected chi connectivity index (χ4v) is 4.49. The Hall–Kier alpha value is -1.24. The molecule has 3 heterocycles. The monoisotopic (exact) mass is 385 g/mol. The van der Waals surface area contributed by atoms with Gasteiger partial charge >= 0.3 is 15.5 Å². The Morgan fingerprint density at radius 3 is 2.83 bits per heavy atom. The standard InChI is InChI=1S/C12H14F3N3O4S2/c13-12(14,15)24(20,21)18-2-8-7(4-22-10(8)3-18)1-16-11(19)9-5-23-6-17-9/h5-8,10H,1-4H2,(H,16,19)/t7-,8+,10+/m0/s1. The topological polar surface area (TPSA) is 88.6 Å². The molecule has 134 valence electrons. The Morgan fingerprint density at radius 2 is 2.21 bits per heavy atom. The summed E-state index contributed by atoms with van der Waals surface area (Å²) in [4.78, 5) is 15.7. The van der Waals surface area contributed by atoms with Crippen LogP contribution >= 0.6 is 11.3 Å². The second-order valence-corrected chi connectivity index (χ2v) is 8.30. The number of rotatable bonds is 4. The van der Waals surface area contributed by atoms with E-state index in [9.17, 15) is 26.4 Å². The van der Waals surface area contributed by atoms with E-state index in [2.05, 4.69) is 10.3 Å². The quantitative estimate of drug-likeness (QED) is 0.823. The van der Waals surface area contributed by atoms with Crippen LogP contribution < -0.4 is 5.32 Å². The number of amides is 1.